The molecule has 0 N–H and O–H groups in total. The van der Waals surface area contributed by atoms with Gasteiger partial charge in [-0.15, -0.1) is 0 Å². The van der Waals surface area contributed by atoms with Gasteiger partial charge in [-0.2, -0.15) is 0 Å². The molecule has 0 radical (unpaired) electrons. The molecule has 2 atom stereocenters. The number of rotatable bonds is 4. The third kappa shape index (κ3) is 4.12. The van der Waals surface area contributed by atoms with Gasteiger partial charge >= 0.3 is 13.7 Å². The standard InChI is InChI=1S/C18H28NO6P/c1-17(2,3)25-16(20)19-14(13-11-9-8-10-12-13)15(24-18(19,4)5)26(21,22-6)23-7/h8-12,14-15H,1-7H3/t14-,15+/m1/s1. The van der Waals surface area contributed by atoms with Crippen molar-refractivity contribution in [3.8, 4) is 0 Å². The van der Waals surface area contributed by atoms with Crippen LogP contribution in [0.15, 0.2) is 30.3 Å². The summed E-state index contributed by atoms with van der Waals surface area (Å²) in [5, 5.41) is 0. The molecule has 146 valence electrons. The Kier molecular flexibility index (Phi) is 5.88. The van der Waals surface area contributed by atoms with Crippen molar-refractivity contribution in [3.63, 3.8) is 0 Å². The monoisotopic (exact) mass is 385 g/mol. The SMILES string of the molecule is COP(=O)(OC)[C@@H]1OC(C)(C)N(C(=O)OC(C)(C)C)[C@@H]1c1ccccc1. The molecule has 1 aromatic rings. The molecule has 1 saturated heterocycles. The summed E-state index contributed by atoms with van der Waals surface area (Å²) in [4.78, 5) is 14.4. The quantitative estimate of drug-likeness (QED) is 0.708. The van der Waals surface area contributed by atoms with E-state index in [-0.39, 0.29) is 0 Å². The number of ether oxygens (including phenoxy) is 2. The van der Waals surface area contributed by atoms with E-state index in [1.165, 1.54) is 19.1 Å². The lowest BCUT2D eigenvalue weighted by Crippen LogP contribution is -2.47. The molecule has 0 saturated carbocycles. The average Bonchev–Trinajstić information content (AvgIpc) is 2.85. The molecule has 7 nitrogen and oxygen atoms in total. The first-order chi connectivity index (χ1) is 11.9. The zero-order valence-corrected chi connectivity index (χ0v) is 17.3. The van der Waals surface area contributed by atoms with Crippen LogP contribution in [0.4, 0.5) is 4.79 Å². The molecule has 1 heterocycles. The van der Waals surface area contributed by atoms with Gasteiger partial charge in [0.05, 0.1) is 0 Å². The van der Waals surface area contributed by atoms with Gasteiger partial charge in [0.25, 0.3) is 0 Å². The first-order valence-electron chi connectivity index (χ1n) is 8.41. The van der Waals surface area contributed by atoms with Gasteiger partial charge in [-0.25, -0.2) is 4.79 Å². The van der Waals surface area contributed by atoms with Crippen LogP contribution in [0.2, 0.25) is 0 Å². The van der Waals surface area contributed by atoms with Gasteiger partial charge in [-0.3, -0.25) is 9.46 Å². The van der Waals surface area contributed by atoms with Gasteiger partial charge in [-0.05, 0) is 40.2 Å². The van der Waals surface area contributed by atoms with E-state index < -0.39 is 36.9 Å². The third-order valence-electron chi connectivity index (χ3n) is 4.09. The second-order valence-corrected chi connectivity index (χ2v) is 9.88. The van der Waals surface area contributed by atoms with Crippen LogP contribution in [0.1, 0.15) is 46.2 Å². The maximum Gasteiger partial charge on any atom is 0.413 e. The minimum absolute atomic E-state index is 0.558. The fraction of sp³-hybridized carbons (Fsp3) is 0.611. The number of hydrogen-bond acceptors (Lipinski definition) is 6. The number of benzene rings is 1. The van der Waals surface area contributed by atoms with Crippen LogP contribution in [-0.4, -0.2) is 42.4 Å². The second-order valence-electron chi connectivity index (χ2n) is 7.57. The van der Waals surface area contributed by atoms with E-state index in [2.05, 4.69) is 0 Å². The van der Waals surface area contributed by atoms with E-state index in [1.807, 2.05) is 30.3 Å². The lowest BCUT2D eigenvalue weighted by molar-refractivity contribution is -0.0707. The lowest BCUT2D eigenvalue weighted by Gasteiger charge is -2.35. The molecule has 0 aromatic heterocycles. The summed E-state index contributed by atoms with van der Waals surface area (Å²) in [6.07, 6.45) is -0.558. The molecular formula is C18H28NO6P. The summed E-state index contributed by atoms with van der Waals surface area (Å²) in [6, 6.07) is 8.55. The minimum Gasteiger partial charge on any atom is -0.444 e. The van der Waals surface area contributed by atoms with Gasteiger partial charge in [0.1, 0.15) is 17.4 Å². The molecule has 0 unspecified atom stereocenters. The van der Waals surface area contributed by atoms with Gasteiger partial charge < -0.3 is 18.5 Å². The van der Waals surface area contributed by atoms with Crippen LogP contribution >= 0.6 is 7.60 Å². The summed E-state index contributed by atoms with van der Waals surface area (Å²) in [5.74, 6) is -0.984. The second kappa shape index (κ2) is 7.31. The molecule has 1 fully saturated rings. The summed E-state index contributed by atoms with van der Waals surface area (Å²) in [6.45, 7) is 8.82. The van der Waals surface area contributed by atoms with Crippen LogP contribution in [0.25, 0.3) is 0 Å². The molecule has 1 amide bonds. The van der Waals surface area contributed by atoms with E-state index >= 15 is 0 Å². The van der Waals surface area contributed by atoms with Gasteiger partial charge in [0.2, 0.25) is 0 Å². The normalized spacial score (nSPS) is 23.1. The van der Waals surface area contributed by atoms with Crippen LogP contribution in [0.5, 0.6) is 0 Å². The molecule has 8 heteroatoms. The van der Waals surface area contributed by atoms with Crippen molar-refractivity contribution in [2.75, 3.05) is 14.2 Å². The van der Waals surface area contributed by atoms with Crippen molar-refractivity contribution in [3.05, 3.63) is 35.9 Å². The van der Waals surface area contributed by atoms with Crippen molar-refractivity contribution in [2.24, 2.45) is 0 Å². The Morgan fingerprint density at radius 2 is 1.69 bits per heavy atom. The predicted octanol–water partition coefficient (Wildman–Crippen LogP) is 4.54. The summed E-state index contributed by atoms with van der Waals surface area (Å²) >= 11 is 0. The highest BCUT2D eigenvalue weighted by Crippen LogP contribution is 2.62. The number of carbonyl (C=O) groups is 1. The van der Waals surface area contributed by atoms with Crippen LogP contribution in [0, 0.1) is 0 Å². The van der Waals surface area contributed by atoms with Crippen molar-refractivity contribution in [2.45, 2.75) is 57.8 Å². The summed E-state index contributed by atoms with van der Waals surface area (Å²) in [5.41, 5.74) is -0.998. The van der Waals surface area contributed by atoms with Gasteiger partial charge in [0, 0.05) is 14.2 Å². The fourth-order valence-electron chi connectivity index (χ4n) is 3.01. The largest absolute Gasteiger partial charge is 0.444 e. The Morgan fingerprint density at radius 3 is 2.15 bits per heavy atom. The highest BCUT2D eigenvalue weighted by Gasteiger charge is 2.58. The number of amides is 1. The highest BCUT2D eigenvalue weighted by atomic mass is 31.2. The molecule has 0 aliphatic carbocycles. The maximum atomic E-state index is 13.1. The first kappa shape index (κ1) is 20.9. The fourth-order valence-corrected chi connectivity index (χ4v) is 4.61. The number of carbonyl (C=O) groups excluding carboxylic acids is 1. The van der Waals surface area contributed by atoms with Crippen LogP contribution in [0.3, 0.4) is 0 Å². The third-order valence-corrected chi connectivity index (χ3v) is 6.12. The zero-order chi connectivity index (χ0) is 19.8. The Morgan fingerprint density at radius 1 is 1.15 bits per heavy atom. The zero-order valence-electron chi connectivity index (χ0n) is 16.4. The molecular weight excluding hydrogens is 357 g/mol. The van der Waals surface area contributed by atoms with E-state index in [0.717, 1.165) is 5.56 Å². The molecule has 26 heavy (non-hydrogen) atoms. The molecule has 1 aliphatic heterocycles. The van der Waals surface area contributed by atoms with Crippen LogP contribution < -0.4 is 0 Å². The first-order valence-corrected chi connectivity index (χ1v) is 10.0. The van der Waals surface area contributed by atoms with Crippen molar-refractivity contribution in [1.82, 2.24) is 4.90 Å². The highest BCUT2D eigenvalue weighted by molar-refractivity contribution is 7.54. The Labute approximate surface area is 155 Å². The Balaban J connectivity index is 2.56. The average molecular weight is 385 g/mol. The van der Waals surface area contributed by atoms with Crippen LogP contribution in [-0.2, 0) is 23.1 Å². The van der Waals surface area contributed by atoms with E-state index in [0.29, 0.717) is 0 Å². The molecule has 1 aliphatic rings. The maximum absolute atomic E-state index is 13.1. The van der Waals surface area contributed by atoms with Gasteiger partial charge in [0.15, 0.2) is 5.85 Å². The Hall–Kier alpha value is -1.40. The topological polar surface area (TPSA) is 74.3 Å². The lowest BCUT2D eigenvalue weighted by atomic mass is 10.1. The van der Waals surface area contributed by atoms with E-state index in [4.69, 9.17) is 18.5 Å². The summed E-state index contributed by atoms with van der Waals surface area (Å²) in [7, 11) is -1.02. The van der Waals surface area contributed by atoms with Crippen molar-refractivity contribution < 1.29 is 27.9 Å². The van der Waals surface area contributed by atoms with Gasteiger partial charge in [-0.1, -0.05) is 30.3 Å². The van der Waals surface area contributed by atoms with Crippen molar-refractivity contribution >= 4 is 13.7 Å². The molecule has 0 spiro atoms. The van der Waals surface area contributed by atoms with E-state index in [1.54, 1.807) is 34.6 Å². The molecule has 1 aromatic carbocycles. The predicted molar refractivity (Wildman–Crippen MR) is 97.8 cm³/mol. The van der Waals surface area contributed by atoms with E-state index in [9.17, 15) is 9.36 Å². The minimum atomic E-state index is -3.63. The summed E-state index contributed by atoms with van der Waals surface area (Å²) < 4.78 is 35.1. The smallest absolute Gasteiger partial charge is 0.413 e. The number of hydrogen-bond donors (Lipinski definition) is 0. The Bertz CT molecular complexity index is 677. The number of nitrogens with zero attached hydrogens (tertiary/aromatic N) is 1. The molecule has 2 rings (SSSR count). The molecule has 0 bridgehead atoms. The van der Waals surface area contributed by atoms with Crippen molar-refractivity contribution in [1.29, 1.82) is 0 Å².